The Morgan fingerprint density at radius 1 is 1.18 bits per heavy atom. The molecule has 0 atom stereocenters. The highest BCUT2D eigenvalue weighted by molar-refractivity contribution is 9.10. The van der Waals surface area contributed by atoms with Gasteiger partial charge in [0, 0.05) is 11.0 Å². The zero-order valence-corrected chi connectivity index (χ0v) is 16.7. The van der Waals surface area contributed by atoms with Gasteiger partial charge in [-0.05, 0) is 53.2 Å². The number of likely N-dealkylation sites (N-methyl/N-ethyl adjacent to an activating group) is 1. The molecule has 0 heterocycles. The summed E-state index contributed by atoms with van der Waals surface area (Å²) in [5.41, 5.74) is -1.02. The molecule has 9 heteroatoms. The number of nitrogens with zero attached hydrogens (tertiary/aromatic N) is 1. The molecule has 0 radical (unpaired) electrons. The van der Waals surface area contributed by atoms with Crippen LogP contribution in [0.5, 0.6) is 5.75 Å². The fraction of sp³-hybridized carbons (Fsp3) is 0.263. The summed E-state index contributed by atoms with van der Waals surface area (Å²) < 4.78 is 44.8. The molecule has 0 spiro atoms. The molecule has 0 bridgehead atoms. The summed E-state index contributed by atoms with van der Waals surface area (Å²) in [7, 11) is 1.46. The van der Waals surface area contributed by atoms with Gasteiger partial charge in [-0.1, -0.05) is 12.1 Å². The molecule has 2 rings (SSSR count). The van der Waals surface area contributed by atoms with E-state index in [1.807, 2.05) is 0 Å². The van der Waals surface area contributed by atoms with Crippen LogP contribution in [0.15, 0.2) is 46.9 Å². The van der Waals surface area contributed by atoms with Crippen LogP contribution in [-0.2, 0) is 11.0 Å². The van der Waals surface area contributed by atoms with Gasteiger partial charge in [0.2, 0.25) is 5.91 Å². The largest absolute Gasteiger partial charge is 0.497 e. The number of halogens is 4. The minimum atomic E-state index is -4.60. The van der Waals surface area contributed by atoms with Crippen LogP contribution in [0.25, 0.3) is 0 Å². The number of hydrogen-bond acceptors (Lipinski definition) is 3. The van der Waals surface area contributed by atoms with Crippen LogP contribution < -0.4 is 10.1 Å². The predicted molar refractivity (Wildman–Crippen MR) is 102 cm³/mol. The average molecular weight is 459 g/mol. The average Bonchev–Trinajstić information content (AvgIpc) is 2.65. The molecule has 0 aliphatic heterocycles. The van der Waals surface area contributed by atoms with Crippen molar-refractivity contribution in [1.29, 1.82) is 0 Å². The minimum absolute atomic E-state index is 0.191. The smallest absolute Gasteiger partial charge is 0.418 e. The van der Waals surface area contributed by atoms with Crippen LogP contribution in [0.1, 0.15) is 22.8 Å². The van der Waals surface area contributed by atoms with Gasteiger partial charge in [0.15, 0.2) is 0 Å². The molecule has 0 fully saturated rings. The van der Waals surface area contributed by atoms with E-state index in [1.54, 1.807) is 19.1 Å². The number of amides is 2. The Hall–Kier alpha value is -2.55. The molecule has 2 aromatic carbocycles. The van der Waals surface area contributed by atoms with Crippen molar-refractivity contribution in [3.8, 4) is 5.75 Å². The number of carbonyl (C=O) groups excluding carboxylic acids is 2. The van der Waals surface area contributed by atoms with Gasteiger partial charge in [0.25, 0.3) is 5.91 Å². The molecular weight excluding hydrogens is 441 g/mol. The van der Waals surface area contributed by atoms with E-state index in [2.05, 4.69) is 21.2 Å². The summed E-state index contributed by atoms with van der Waals surface area (Å²) in [6.45, 7) is 1.46. The Morgan fingerprint density at radius 3 is 2.46 bits per heavy atom. The van der Waals surface area contributed by atoms with E-state index in [0.29, 0.717) is 10.2 Å². The molecule has 5 nitrogen and oxygen atoms in total. The molecule has 0 aromatic heterocycles. The maximum atomic E-state index is 13.1. The van der Waals surface area contributed by atoms with Crippen LogP contribution in [0.2, 0.25) is 0 Å². The molecule has 0 aliphatic carbocycles. The Bertz CT molecular complexity index is 872. The number of ether oxygens (including phenoxy) is 1. The van der Waals surface area contributed by atoms with E-state index in [4.69, 9.17) is 4.74 Å². The molecule has 2 aromatic rings. The Balaban J connectivity index is 2.18. The zero-order valence-electron chi connectivity index (χ0n) is 15.1. The SMILES string of the molecule is CCN(CC(=O)Nc1ccccc1C(F)(F)F)C(=O)c1cc(OC)ccc1Br. The van der Waals surface area contributed by atoms with Crippen molar-refractivity contribution < 1.29 is 27.5 Å². The quantitative estimate of drug-likeness (QED) is 0.689. The van der Waals surface area contributed by atoms with Crippen molar-refractivity contribution in [3.63, 3.8) is 0 Å². The summed E-state index contributed by atoms with van der Waals surface area (Å²) in [5.74, 6) is -0.718. The van der Waals surface area contributed by atoms with Gasteiger partial charge in [-0.25, -0.2) is 0 Å². The number of hydrogen-bond donors (Lipinski definition) is 1. The van der Waals surface area contributed by atoms with Gasteiger partial charge >= 0.3 is 6.18 Å². The lowest BCUT2D eigenvalue weighted by Gasteiger charge is -2.22. The molecule has 0 aliphatic rings. The van der Waals surface area contributed by atoms with Crippen LogP contribution >= 0.6 is 15.9 Å². The maximum Gasteiger partial charge on any atom is 0.418 e. The predicted octanol–water partition coefficient (Wildman–Crippen LogP) is 4.58. The fourth-order valence-corrected chi connectivity index (χ4v) is 2.91. The molecule has 150 valence electrons. The fourth-order valence-electron chi connectivity index (χ4n) is 2.50. The van der Waals surface area contributed by atoms with E-state index in [1.165, 1.54) is 30.2 Å². The normalized spacial score (nSPS) is 11.1. The molecule has 0 saturated carbocycles. The topological polar surface area (TPSA) is 58.6 Å². The maximum absolute atomic E-state index is 13.1. The van der Waals surface area contributed by atoms with Crippen LogP contribution in [-0.4, -0.2) is 36.9 Å². The van der Waals surface area contributed by atoms with Gasteiger partial charge in [0.1, 0.15) is 12.3 Å². The highest BCUT2D eigenvalue weighted by atomic mass is 79.9. The second kappa shape index (κ2) is 9.09. The Morgan fingerprint density at radius 2 is 1.86 bits per heavy atom. The van der Waals surface area contributed by atoms with Crippen molar-refractivity contribution in [2.24, 2.45) is 0 Å². The first-order chi connectivity index (χ1) is 13.2. The molecule has 28 heavy (non-hydrogen) atoms. The van der Waals surface area contributed by atoms with E-state index in [-0.39, 0.29) is 17.8 Å². The summed E-state index contributed by atoms with van der Waals surface area (Å²) >= 11 is 3.28. The third kappa shape index (κ3) is 5.25. The van der Waals surface area contributed by atoms with Crippen molar-refractivity contribution in [1.82, 2.24) is 4.90 Å². The lowest BCUT2D eigenvalue weighted by atomic mass is 10.1. The first-order valence-electron chi connectivity index (χ1n) is 8.26. The van der Waals surface area contributed by atoms with E-state index in [0.717, 1.165) is 12.1 Å². The van der Waals surface area contributed by atoms with Gasteiger partial charge in [-0.3, -0.25) is 9.59 Å². The highest BCUT2D eigenvalue weighted by Gasteiger charge is 2.33. The first-order valence-corrected chi connectivity index (χ1v) is 9.05. The highest BCUT2D eigenvalue weighted by Crippen LogP contribution is 2.34. The summed E-state index contributed by atoms with van der Waals surface area (Å²) in [6, 6.07) is 9.49. The molecule has 1 N–H and O–H groups in total. The molecule has 0 saturated heterocycles. The molecule has 0 unspecified atom stereocenters. The number of benzene rings is 2. The van der Waals surface area contributed by atoms with Gasteiger partial charge < -0.3 is 15.0 Å². The number of nitrogens with one attached hydrogen (secondary N) is 1. The van der Waals surface area contributed by atoms with Crippen molar-refractivity contribution in [2.75, 3.05) is 25.5 Å². The van der Waals surface area contributed by atoms with Crippen molar-refractivity contribution >= 4 is 33.4 Å². The summed E-state index contributed by atoms with van der Waals surface area (Å²) in [5, 5.41) is 2.24. The third-order valence-corrected chi connectivity index (χ3v) is 4.61. The second-order valence-corrected chi connectivity index (χ2v) is 6.61. The van der Waals surface area contributed by atoms with Crippen molar-refractivity contribution in [3.05, 3.63) is 58.1 Å². The summed E-state index contributed by atoms with van der Waals surface area (Å²) in [4.78, 5) is 26.3. The van der Waals surface area contributed by atoms with Crippen molar-refractivity contribution in [2.45, 2.75) is 13.1 Å². The zero-order chi connectivity index (χ0) is 20.9. The Labute approximate surface area is 168 Å². The van der Waals surface area contributed by atoms with E-state index >= 15 is 0 Å². The van der Waals surface area contributed by atoms with Gasteiger partial charge in [-0.2, -0.15) is 13.2 Å². The molecular formula is C19H18BrF3N2O3. The second-order valence-electron chi connectivity index (χ2n) is 5.76. The Kier molecular flexibility index (Phi) is 7.06. The van der Waals surface area contributed by atoms with Gasteiger partial charge in [0.05, 0.1) is 23.9 Å². The summed E-state index contributed by atoms with van der Waals surface area (Å²) in [6.07, 6.45) is -4.60. The number of carbonyl (C=O) groups is 2. The minimum Gasteiger partial charge on any atom is -0.497 e. The van der Waals surface area contributed by atoms with Gasteiger partial charge in [-0.15, -0.1) is 0 Å². The number of anilines is 1. The number of rotatable bonds is 6. The standard InChI is InChI=1S/C19H18BrF3N2O3/c1-3-25(18(27)13-10-12(28-2)8-9-15(13)20)11-17(26)24-16-7-5-4-6-14(16)19(21,22)23/h4-10H,3,11H2,1-2H3,(H,24,26). The van der Waals surface area contributed by atoms with E-state index in [9.17, 15) is 22.8 Å². The van der Waals surface area contributed by atoms with E-state index < -0.39 is 30.1 Å². The number of methoxy groups -OCH3 is 1. The lowest BCUT2D eigenvalue weighted by molar-refractivity contribution is -0.137. The first kappa shape index (κ1) is 21.7. The van der Waals surface area contributed by atoms with Crippen LogP contribution in [0.3, 0.4) is 0 Å². The monoisotopic (exact) mass is 458 g/mol. The number of alkyl halides is 3. The molecule has 2 amide bonds. The third-order valence-electron chi connectivity index (χ3n) is 3.91. The van der Waals surface area contributed by atoms with Crippen LogP contribution in [0.4, 0.5) is 18.9 Å². The van der Waals surface area contributed by atoms with Crippen LogP contribution in [0, 0.1) is 0 Å². The lowest BCUT2D eigenvalue weighted by Crippen LogP contribution is -2.38. The number of para-hydroxylation sites is 1.